The first-order valence-corrected chi connectivity index (χ1v) is 10.3. The van der Waals surface area contributed by atoms with Gasteiger partial charge >= 0.3 is 0 Å². The number of hydrogen-bond donors (Lipinski definition) is 2. The Bertz CT molecular complexity index is 1210. The summed E-state index contributed by atoms with van der Waals surface area (Å²) in [5.41, 5.74) is 2.10. The number of amides is 2. The molecule has 0 aliphatic heterocycles. The van der Waals surface area contributed by atoms with Crippen LogP contribution in [0.1, 0.15) is 10.5 Å². The molecule has 2 N–H and O–H groups in total. The van der Waals surface area contributed by atoms with Crippen LogP contribution in [-0.4, -0.2) is 32.1 Å². The molecule has 4 aromatic rings. The van der Waals surface area contributed by atoms with Gasteiger partial charge in [-0.15, -0.1) is 0 Å². The lowest BCUT2D eigenvalue weighted by molar-refractivity contribution is -0.117. The van der Waals surface area contributed by atoms with Gasteiger partial charge in [-0.2, -0.15) is 0 Å². The molecule has 0 aliphatic rings. The predicted molar refractivity (Wildman–Crippen MR) is 118 cm³/mol. The van der Waals surface area contributed by atoms with E-state index in [0.717, 1.165) is 16.6 Å². The minimum Gasteiger partial charge on any atom is -0.347 e. The van der Waals surface area contributed by atoms with Crippen LogP contribution in [0.15, 0.2) is 78.1 Å². The van der Waals surface area contributed by atoms with Crippen LogP contribution in [0.3, 0.4) is 0 Å². The van der Waals surface area contributed by atoms with Crippen molar-refractivity contribution < 1.29 is 9.59 Å². The van der Waals surface area contributed by atoms with Crippen molar-refractivity contribution >= 4 is 46.0 Å². The summed E-state index contributed by atoms with van der Waals surface area (Å²) >= 11 is 1.18. The van der Waals surface area contributed by atoms with Gasteiger partial charge in [0.05, 0.1) is 11.3 Å². The molecule has 0 radical (unpaired) electrons. The summed E-state index contributed by atoms with van der Waals surface area (Å²) in [7, 11) is 1.75. The van der Waals surface area contributed by atoms with Gasteiger partial charge in [0.25, 0.3) is 5.91 Å². The number of aryl methyl sites for hydroxylation is 1. The first-order valence-electron chi connectivity index (χ1n) is 9.27. The third kappa shape index (κ3) is 4.49. The fraction of sp³-hybridized carbons (Fsp3) is 0.0909. The average molecular weight is 417 g/mol. The van der Waals surface area contributed by atoms with E-state index in [0.29, 0.717) is 16.7 Å². The van der Waals surface area contributed by atoms with Crippen molar-refractivity contribution in [3.05, 3.63) is 78.6 Å². The van der Waals surface area contributed by atoms with Crippen LogP contribution >= 0.6 is 11.8 Å². The Morgan fingerprint density at radius 1 is 0.967 bits per heavy atom. The van der Waals surface area contributed by atoms with E-state index in [4.69, 9.17) is 0 Å². The molecule has 0 atom stereocenters. The quantitative estimate of drug-likeness (QED) is 0.367. The molecule has 2 heterocycles. The number of nitrogens with zero attached hydrogens (tertiary/aromatic N) is 3. The van der Waals surface area contributed by atoms with Crippen molar-refractivity contribution in [1.29, 1.82) is 0 Å². The second-order valence-corrected chi connectivity index (χ2v) is 7.48. The topological polar surface area (TPSA) is 88.9 Å². The molecule has 0 saturated carbocycles. The predicted octanol–water partition coefficient (Wildman–Crippen LogP) is 3.76. The molecule has 7 nitrogen and oxygen atoms in total. The van der Waals surface area contributed by atoms with Crippen molar-refractivity contribution in [2.45, 2.75) is 5.16 Å². The molecule has 2 aromatic carbocycles. The van der Waals surface area contributed by atoms with E-state index in [2.05, 4.69) is 20.6 Å². The summed E-state index contributed by atoms with van der Waals surface area (Å²) in [6.07, 6.45) is 1.75. The van der Waals surface area contributed by atoms with E-state index in [-0.39, 0.29) is 5.75 Å². The summed E-state index contributed by atoms with van der Waals surface area (Å²) in [6.45, 7) is 0. The van der Waals surface area contributed by atoms with Gasteiger partial charge in [-0.3, -0.25) is 14.9 Å². The Morgan fingerprint density at radius 3 is 2.50 bits per heavy atom. The molecule has 0 saturated heterocycles. The number of nitrogens with one attached hydrogen (secondary N) is 2. The molecule has 0 unspecified atom stereocenters. The van der Waals surface area contributed by atoms with Gasteiger partial charge in [0, 0.05) is 24.3 Å². The largest absolute Gasteiger partial charge is 0.347 e. The maximum atomic E-state index is 12.2. The molecule has 2 aromatic heterocycles. The molecule has 2 amide bonds. The zero-order valence-electron chi connectivity index (χ0n) is 16.2. The van der Waals surface area contributed by atoms with Gasteiger partial charge in [0.2, 0.25) is 5.91 Å². The van der Waals surface area contributed by atoms with E-state index in [9.17, 15) is 9.59 Å². The van der Waals surface area contributed by atoms with Gasteiger partial charge < -0.3 is 9.88 Å². The summed E-state index contributed by atoms with van der Waals surface area (Å²) in [4.78, 5) is 33.5. The van der Waals surface area contributed by atoms with Crippen LogP contribution in [0.25, 0.3) is 10.9 Å². The second kappa shape index (κ2) is 8.79. The zero-order valence-corrected chi connectivity index (χ0v) is 17.0. The molecular weight excluding hydrogens is 398 g/mol. The van der Waals surface area contributed by atoms with Crippen LogP contribution in [0.4, 0.5) is 11.5 Å². The number of para-hydroxylation sites is 2. The highest BCUT2D eigenvalue weighted by Crippen LogP contribution is 2.26. The molecule has 8 heteroatoms. The van der Waals surface area contributed by atoms with E-state index in [1.807, 2.05) is 54.6 Å². The summed E-state index contributed by atoms with van der Waals surface area (Å²) in [5, 5.41) is 7.04. The van der Waals surface area contributed by atoms with Crippen molar-refractivity contribution in [3.63, 3.8) is 0 Å². The van der Waals surface area contributed by atoms with Gasteiger partial charge in [-0.1, -0.05) is 42.1 Å². The number of fused-ring (bicyclic) bond motifs is 1. The lowest BCUT2D eigenvalue weighted by atomic mass is 10.2. The fourth-order valence-electron chi connectivity index (χ4n) is 2.93. The number of rotatable bonds is 6. The van der Waals surface area contributed by atoms with Crippen molar-refractivity contribution in [2.75, 3.05) is 11.1 Å². The maximum absolute atomic E-state index is 12.2. The number of carbonyl (C=O) groups excluding carboxylic acids is 2. The minimum absolute atomic E-state index is 0.0271. The number of imide groups is 1. The SMILES string of the molecule is Cn1cccc1C(=O)NC(=O)CSc1nc(Nc2ccccc2)c2ccccc2n1. The average Bonchev–Trinajstić information content (AvgIpc) is 3.19. The van der Waals surface area contributed by atoms with E-state index in [1.165, 1.54) is 11.8 Å². The Labute approximate surface area is 177 Å². The van der Waals surface area contributed by atoms with E-state index in [1.54, 1.807) is 29.9 Å². The Hall–Kier alpha value is -3.65. The molecule has 30 heavy (non-hydrogen) atoms. The molecule has 0 aliphatic carbocycles. The third-order valence-electron chi connectivity index (χ3n) is 4.38. The number of thioether (sulfide) groups is 1. The number of benzene rings is 2. The summed E-state index contributed by atoms with van der Waals surface area (Å²) in [5.74, 6) is -0.145. The monoisotopic (exact) mass is 417 g/mol. The molecule has 4 rings (SSSR count). The number of carbonyl (C=O) groups is 2. The first kappa shape index (κ1) is 19.7. The second-order valence-electron chi connectivity index (χ2n) is 6.53. The highest BCUT2D eigenvalue weighted by molar-refractivity contribution is 7.99. The zero-order chi connectivity index (χ0) is 20.9. The van der Waals surface area contributed by atoms with E-state index >= 15 is 0 Å². The first-order chi connectivity index (χ1) is 14.6. The van der Waals surface area contributed by atoms with Gasteiger partial charge in [-0.05, 0) is 36.4 Å². The van der Waals surface area contributed by atoms with Crippen LogP contribution in [0.5, 0.6) is 0 Å². The van der Waals surface area contributed by atoms with Crippen LogP contribution in [-0.2, 0) is 11.8 Å². The number of aromatic nitrogens is 3. The fourth-order valence-corrected chi connectivity index (χ4v) is 3.58. The molecule has 0 spiro atoms. The standard InChI is InChI=1S/C22H19N5O2S/c1-27-13-7-12-18(27)21(29)25-19(28)14-30-22-24-17-11-6-5-10-16(17)20(26-22)23-15-8-3-2-4-9-15/h2-13H,14H2,1H3,(H,23,24,26)(H,25,28,29). The highest BCUT2D eigenvalue weighted by atomic mass is 32.2. The highest BCUT2D eigenvalue weighted by Gasteiger charge is 2.15. The summed E-state index contributed by atoms with van der Waals surface area (Å²) in [6, 6.07) is 20.8. The Kier molecular flexibility index (Phi) is 5.76. The Morgan fingerprint density at radius 2 is 1.73 bits per heavy atom. The molecule has 150 valence electrons. The van der Waals surface area contributed by atoms with Gasteiger partial charge in [-0.25, -0.2) is 9.97 Å². The molecule has 0 fully saturated rings. The summed E-state index contributed by atoms with van der Waals surface area (Å²) < 4.78 is 1.66. The third-order valence-corrected chi connectivity index (χ3v) is 5.23. The maximum Gasteiger partial charge on any atom is 0.274 e. The van der Waals surface area contributed by atoms with E-state index < -0.39 is 11.8 Å². The minimum atomic E-state index is -0.432. The number of hydrogen-bond acceptors (Lipinski definition) is 6. The van der Waals surface area contributed by atoms with Crippen LogP contribution < -0.4 is 10.6 Å². The normalized spacial score (nSPS) is 10.7. The molecular formula is C22H19N5O2S. The van der Waals surface area contributed by atoms with Crippen molar-refractivity contribution in [2.24, 2.45) is 7.05 Å². The number of anilines is 2. The van der Waals surface area contributed by atoms with Crippen LogP contribution in [0.2, 0.25) is 0 Å². The smallest absolute Gasteiger partial charge is 0.274 e. The Balaban J connectivity index is 1.49. The molecule has 0 bridgehead atoms. The van der Waals surface area contributed by atoms with Crippen LogP contribution in [0, 0.1) is 0 Å². The van der Waals surface area contributed by atoms with Gasteiger partial charge in [0.15, 0.2) is 5.16 Å². The lowest BCUT2D eigenvalue weighted by Crippen LogP contribution is -2.33. The lowest BCUT2D eigenvalue weighted by Gasteiger charge is -2.10. The van der Waals surface area contributed by atoms with Crippen molar-refractivity contribution in [1.82, 2.24) is 19.9 Å². The van der Waals surface area contributed by atoms with Crippen molar-refractivity contribution in [3.8, 4) is 0 Å². The van der Waals surface area contributed by atoms with Gasteiger partial charge in [0.1, 0.15) is 11.5 Å².